The first-order valence-electron chi connectivity index (χ1n) is 10.8. The molecule has 0 N–H and O–H groups in total. The van der Waals surface area contributed by atoms with E-state index in [1.54, 1.807) is 6.20 Å². The number of anilines is 1. The topological polar surface area (TPSA) is 40.4 Å². The van der Waals surface area contributed by atoms with E-state index in [-0.39, 0.29) is 0 Å². The first-order chi connectivity index (χ1) is 14.6. The first-order valence-corrected chi connectivity index (χ1v) is 11.2. The van der Waals surface area contributed by atoms with Crippen molar-refractivity contribution in [3.63, 3.8) is 0 Å². The van der Waals surface area contributed by atoms with Crippen molar-refractivity contribution in [3.8, 4) is 11.4 Å². The van der Waals surface area contributed by atoms with Gasteiger partial charge in [0.1, 0.15) is 11.6 Å². The van der Waals surface area contributed by atoms with Gasteiger partial charge in [-0.3, -0.25) is 4.90 Å². The van der Waals surface area contributed by atoms with Crippen molar-refractivity contribution in [2.75, 3.05) is 51.2 Å². The zero-order valence-corrected chi connectivity index (χ0v) is 18.5. The second kappa shape index (κ2) is 8.17. The smallest absolute Gasteiger partial charge is 0.142 e. The molecule has 7 heteroatoms. The number of hydrogen-bond donors (Lipinski definition) is 0. The highest BCUT2D eigenvalue weighted by Crippen LogP contribution is 2.32. The lowest BCUT2D eigenvalue weighted by molar-refractivity contribution is 0.0981. The second-order valence-electron chi connectivity index (χ2n) is 8.56. The molecule has 0 unspecified atom stereocenters. The Hall–Kier alpha value is -2.15. The maximum atomic E-state index is 6.56. The molecule has 2 saturated heterocycles. The molecule has 30 heavy (non-hydrogen) atoms. The minimum atomic E-state index is 0.643. The van der Waals surface area contributed by atoms with Gasteiger partial charge in [-0.25, -0.2) is 9.97 Å². The van der Waals surface area contributed by atoms with Gasteiger partial charge >= 0.3 is 0 Å². The molecule has 3 aromatic rings. The lowest BCUT2D eigenvalue weighted by Crippen LogP contribution is -2.52. The molecule has 0 amide bonds. The Morgan fingerprint density at radius 2 is 1.70 bits per heavy atom. The molecular weight excluding hydrogens is 396 g/mol. The summed E-state index contributed by atoms with van der Waals surface area (Å²) in [7, 11) is 4.26. The fraction of sp³-hybridized carbons (Fsp3) is 0.478. The number of imidazole rings is 1. The molecule has 0 bridgehead atoms. The van der Waals surface area contributed by atoms with Crippen molar-refractivity contribution < 1.29 is 0 Å². The summed E-state index contributed by atoms with van der Waals surface area (Å²) in [6.45, 7) is 6.82. The minimum absolute atomic E-state index is 0.643. The van der Waals surface area contributed by atoms with Crippen LogP contribution in [0.4, 0.5) is 5.82 Å². The Morgan fingerprint density at radius 1 is 0.967 bits per heavy atom. The molecule has 1 aromatic carbocycles. The van der Waals surface area contributed by atoms with Gasteiger partial charge in [0.15, 0.2) is 0 Å². The molecule has 2 aromatic heterocycles. The molecule has 2 fully saturated rings. The maximum absolute atomic E-state index is 6.56. The fourth-order valence-electron chi connectivity index (χ4n) is 4.81. The Bertz CT molecular complexity index is 1030. The van der Waals surface area contributed by atoms with Gasteiger partial charge in [0, 0.05) is 64.1 Å². The number of rotatable bonds is 3. The standard InChI is InChI=1S/C23H29ClN6/c1-27-11-13-29(14-12-27)17-7-9-30(10-8-17)22-15-18(19(24)16-25-22)23-26-20-5-3-4-6-21(20)28(23)2/h3-6,15-17H,7-14H2,1-2H3. The van der Waals surface area contributed by atoms with E-state index in [0.717, 1.165) is 41.3 Å². The van der Waals surface area contributed by atoms with E-state index in [0.29, 0.717) is 11.1 Å². The quantitative estimate of drug-likeness (QED) is 0.643. The zero-order valence-electron chi connectivity index (χ0n) is 17.8. The van der Waals surface area contributed by atoms with Gasteiger partial charge in [0.25, 0.3) is 0 Å². The third-order valence-corrected chi connectivity index (χ3v) is 7.01. The number of aryl methyl sites for hydroxylation is 1. The number of para-hydroxylation sites is 2. The van der Waals surface area contributed by atoms with Gasteiger partial charge in [-0.15, -0.1) is 0 Å². The van der Waals surface area contributed by atoms with Crippen LogP contribution in [0.25, 0.3) is 22.4 Å². The number of aromatic nitrogens is 3. The van der Waals surface area contributed by atoms with Gasteiger partial charge in [-0.1, -0.05) is 23.7 Å². The van der Waals surface area contributed by atoms with Gasteiger partial charge in [-0.2, -0.15) is 0 Å². The van der Waals surface area contributed by atoms with Crippen molar-refractivity contribution in [3.05, 3.63) is 41.6 Å². The molecule has 0 saturated carbocycles. The van der Waals surface area contributed by atoms with Crippen molar-refractivity contribution in [2.24, 2.45) is 7.05 Å². The minimum Gasteiger partial charge on any atom is -0.356 e. The highest BCUT2D eigenvalue weighted by Gasteiger charge is 2.27. The molecule has 5 rings (SSSR count). The number of halogens is 1. The largest absolute Gasteiger partial charge is 0.356 e. The van der Waals surface area contributed by atoms with E-state index in [1.165, 1.54) is 39.0 Å². The summed E-state index contributed by atoms with van der Waals surface area (Å²) in [6, 6.07) is 11.0. The summed E-state index contributed by atoms with van der Waals surface area (Å²) in [5, 5.41) is 0.643. The van der Waals surface area contributed by atoms with Gasteiger partial charge in [0.2, 0.25) is 0 Å². The number of likely N-dealkylation sites (N-methyl/N-ethyl adjacent to an activating group) is 1. The molecule has 2 aliphatic heterocycles. The molecule has 0 spiro atoms. The number of fused-ring (bicyclic) bond motifs is 1. The first kappa shape index (κ1) is 19.8. The Labute approximate surface area is 183 Å². The SMILES string of the molecule is CN1CCN(C2CCN(c3cc(-c4nc5ccccc5n4C)c(Cl)cn3)CC2)CC1. The molecule has 158 valence electrons. The molecule has 6 nitrogen and oxygen atoms in total. The van der Waals surface area contributed by atoms with Crippen LogP contribution in [0.3, 0.4) is 0 Å². The molecule has 0 aliphatic carbocycles. The van der Waals surface area contributed by atoms with Crippen LogP contribution in [-0.2, 0) is 7.05 Å². The Morgan fingerprint density at radius 3 is 2.43 bits per heavy atom. The normalized spacial score (nSPS) is 19.6. The summed E-state index contributed by atoms with van der Waals surface area (Å²) in [5.41, 5.74) is 3.04. The number of benzene rings is 1. The zero-order chi connectivity index (χ0) is 20.7. The summed E-state index contributed by atoms with van der Waals surface area (Å²) in [6.07, 6.45) is 4.16. The summed E-state index contributed by atoms with van der Waals surface area (Å²) in [5.74, 6) is 1.88. The Kier molecular flexibility index (Phi) is 5.39. The lowest BCUT2D eigenvalue weighted by Gasteiger charge is -2.42. The van der Waals surface area contributed by atoms with E-state index >= 15 is 0 Å². The van der Waals surface area contributed by atoms with Crippen LogP contribution in [0.1, 0.15) is 12.8 Å². The molecule has 4 heterocycles. The highest BCUT2D eigenvalue weighted by molar-refractivity contribution is 6.33. The predicted molar refractivity (Wildman–Crippen MR) is 123 cm³/mol. The summed E-state index contributed by atoms with van der Waals surface area (Å²) in [4.78, 5) is 17.0. The van der Waals surface area contributed by atoms with E-state index < -0.39 is 0 Å². The Balaban J connectivity index is 1.35. The third kappa shape index (κ3) is 3.68. The monoisotopic (exact) mass is 424 g/mol. The molecule has 0 atom stereocenters. The van der Waals surface area contributed by atoms with Crippen molar-refractivity contribution in [1.29, 1.82) is 0 Å². The summed E-state index contributed by atoms with van der Waals surface area (Å²) >= 11 is 6.56. The van der Waals surface area contributed by atoms with E-state index in [1.807, 2.05) is 25.2 Å². The van der Waals surface area contributed by atoms with Crippen molar-refractivity contribution in [2.45, 2.75) is 18.9 Å². The number of nitrogens with zero attached hydrogens (tertiary/aromatic N) is 6. The number of piperidine rings is 1. The number of piperazine rings is 1. The van der Waals surface area contributed by atoms with E-state index in [9.17, 15) is 0 Å². The van der Waals surface area contributed by atoms with Crippen LogP contribution in [0.15, 0.2) is 36.5 Å². The predicted octanol–water partition coefficient (Wildman–Crippen LogP) is 3.50. The van der Waals surface area contributed by atoms with E-state index in [4.69, 9.17) is 16.6 Å². The van der Waals surface area contributed by atoms with Crippen LogP contribution in [0, 0.1) is 0 Å². The molecule has 0 radical (unpaired) electrons. The average Bonchev–Trinajstić information content (AvgIpc) is 3.11. The third-order valence-electron chi connectivity index (χ3n) is 6.71. The van der Waals surface area contributed by atoms with Gasteiger partial charge in [0.05, 0.1) is 16.1 Å². The second-order valence-corrected chi connectivity index (χ2v) is 8.97. The number of pyridine rings is 1. The van der Waals surface area contributed by atoms with Crippen LogP contribution in [0.5, 0.6) is 0 Å². The van der Waals surface area contributed by atoms with Crippen LogP contribution in [0.2, 0.25) is 5.02 Å². The van der Waals surface area contributed by atoms with Crippen LogP contribution in [-0.4, -0.2) is 76.7 Å². The van der Waals surface area contributed by atoms with Gasteiger partial charge in [-0.05, 0) is 38.1 Å². The highest BCUT2D eigenvalue weighted by atomic mass is 35.5. The summed E-state index contributed by atoms with van der Waals surface area (Å²) < 4.78 is 2.11. The lowest BCUT2D eigenvalue weighted by atomic mass is 10.0. The van der Waals surface area contributed by atoms with Gasteiger partial charge < -0.3 is 14.4 Å². The molecular formula is C23H29ClN6. The van der Waals surface area contributed by atoms with Crippen molar-refractivity contribution in [1.82, 2.24) is 24.3 Å². The van der Waals surface area contributed by atoms with E-state index in [2.05, 4.69) is 43.4 Å². The van der Waals surface area contributed by atoms with Crippen LogP contribution >= 0.6 is 11.6 Å². The van der Waals surface area contributed by atoms with Crippen molar-refractivity contribution >= 4 is 28.5 Å². The number of hydrogen-bond acceptors (Lipinski definition) is 5. The maximum Gasteiger partial charge on any atom is 0.142 e. The molecule has 2 aliphatic rings. The average molecular weight is 425 g/mol. The fourth-order valence-corrected chi connectivity index (χ4v) is 4.99. The van der Waals surface area contributed by atoms with Crippen LogP contribution < -0.4 is 4.90 Å².